The van der Waals surface area contributed by atoms with Crippen molar-refractivity contribution >= 4 is 6.29 Å². The lowest BCUT2D eigenvalue weighted by atomic mass is 10.1. The van der Waals surface area contributed by atoms with Crippen LogP contribution in [-0.4, -0.2) is 6.29 Å². The summed E-state index contributed by atoms with van der Waals surface area (Å²) in [5.74, 6) is -1.62. The second kappa shape index (κ2) is 5.41. The third-order valence-electron chi connectivity index (χ3n) is 1.34. The first-order valence-corrected chi connectivity index (χ1v) is 4.06. The van der Waals surface area contributed by atoms with Crippen LogP contribution in [0.5, 0.6) is 0 Å². The quantitative estimate of drug-likeness (QED) is 0.616. The van der Waals surface area contributed by atoms with Crippen LogP contribution >= 0.6 is 0 Å². The second-order valence-corrected chi connectivity index (χ2v) is 2.26. The molecule has 1 rings (SSSR count). The van der Waals surface area contributed by atoms with Crippen LogP contribution in [0.25, 0.3) is 0 Å². The molecule has 0 atom stereocenters. The van der Waals surface area contributed by atoms with Crippen LogP contribution in [0.3, 0.4) is 0 Å². The van der Waals surface area contributed by atoms with Crippen LogP contribution in [-0.2, 0) is 0 Å². The molecule has 0 heterocycles. The molecule has 0 aliphatic heterocycles. The Hall–Kier alpha value is -1.25. The first kappa shape index (κ1) is 11.8. The summed E-state index contributed by atoms with van der Waals surface area (Å²) in [4.78, 5) is 10.1. The summed E-state index contributed by atoms with van der Waals surface area (Å²) >= 11 is 0. The van der Waals surface area contributed by atoms with Crippen molar-refractivity contribution < 1.29 is 13.6 Å². The average molecular weight is 186 g/mol. The van der Waals surface area contributed by atoms with Gasteiger partial charge in [0, 0.05) is 0 Å². The van der Waals surface area contributed by atoms with Gasteiger partial charge >= 0.3 is 0 Å². The van der Waals surface area contributed by atoms with Crippen molar-refractivity contribution in [3.05, 3.63) is 34.9 Å². The van der Waals surface area contributed by atoms with Gasteiger partial charge in [0.15, 0.2) is 6.29 Å². The molecule has 1 aromatic rings. The number of aldehydes is 1. The van der Waals surface area contributed by atoms with Crippen LogP contribution < -0.4 is 0 Å². The van der Waals surface area contributed by atoms with E-state index in [0.29, 0.717) is 5.56 Å². The smallest absolute Gasteiger partial charge is 0.155 e. The Kier molecular flexibility index (Phi) is 4.89. The number of carbonyl (C=O) groups excluding carboxylic acids is 1. The van der Waals surface area contributed by atoms with Crippen molar-refractivity contribution in [3.63, 3.8) is 0 Å². The summed E-state index contributed by atoms with van der Waals surface area (Å²) in [6, 6.07) is 2.24. The molecule has 1 nitrogen and oxygen atoms in total. The first-order chi connectivity index (χ1) is 6.15. The van der Waals surface area contributed by atoms with E-state index in [1.807, 2.05) is 13.8 Å². The second-order valence-electron chi connectivity index (χ2n) is 2.26. The fraction of sp³-hybridized carbons (Fsp3) is 0.300. The lowest BCUT2D eigenvalue weighted by Crippen LogP contribution is -1.93. The monoisotopic (exact) mass is 186 g/mol. The maximum atomic E-state index is 12.6. The van der Waals surface area contributed by atoms with E-state index >= 15 is 0 Å². The zero-order chi connectivity index (χ0) is 10.4. The van der Waals surface area contributed by atoms with Crippen LogP contribution in [0.4, 0.5) is 8.78 Å². The Labute approximate surface area is 76.4 Å². The van der Waals surface area contributed by atoms with Crippen molar-refractivity contribution in [2.75, 3.05) is 0 Å². The van der Waals surface area contributed by atoms with Crippen molar-refractivity contribution in [2.45, 2.75) is 20.8 Å². The van der Waals surface area contributed by atoms with E-state index in [-0.39, 0.29) is 6.29 Å². The van der Waals surface area contributed by atoms with Gasteiger partial charge in [0.1, 0.15) is 11.6 Å². The van der Waals surface area contributed by atoms with E-state index in [4.69, 9.17) is 0 Å². The molecule has 0 aliphatic rings. The maximum absolute atomic E-state index is 12.6. The van der Waals surface area contributed by atoms with E-state index in [2.05, 4.69) is 0 Å². The summed E-state index contributed by atoms with van der Waals surface area (Å²) in [7, 11) is 0. The Bertz CT molecular complexity index is 272. The predicted octanol–water partition coefficient (Wildman–Crippen LogP) is 3.11. The van der Waals surface area contributed by atoms with Gasteiger partial charge in [0.2, 0.25) is 0 Å². The number of benzene rings is 1. The Balaban J connectivity index is 0.000000671. The Morgan fingerprint density at radius 2 is 1.54 bits per heavy atom. The van der Waals surface area contributed by atoms with Gasteiger partial charge in [-0.2, -0.15) is 0 Å². The molecule has 0 spiro atoms. The summed E-state index contributed by atoms with van der Waals surface area (Å²) in [6.07, 6.45) is 0.171. The summed E-state index contributed by atoms with van der Waals surface area (Å²) in [5, 5.41) is 0. The van der Waals surface area contributed by atoms with Gasteiger partial charge in [-0.3, -0.25) is 4.79 Å². The van der Waals surface area contributed by atoms with Gasteiger partial charge in [-0.1, -0.05) is 13.8 Å². The number of hydrogen-bond acceptors (Lipinski definition) is 1. The van der Waals surface area contributed by atoms with Crippen molar-refractivity contribution in [2.24, 2.45) is 0 Å². The van der Waals surface area contributed by atoms with Gasteiger partial charge in [-0.15, -0.1) is 0 Å². The molecule has 0 N–H and O–H groups in total. The molecular weight excluding hydrogens is 174 g/mol. The molecule has 0 saturated heterocycles. The van der Waals surface area contributed by atoms with Crippen LogP contribution in [0.1, 0.15) is 29.8 Å². The largest absolute Gasteiger partial charge is 0.298 e. The van der Waals surface area contributed by atoms with E-state index in [1.54, 1.807) is 6.92 Å². The number of carbonyl (C=O) groups is 1. The molecule has 0 saturated carbocycles. The standard InChI is InChI=1S/C8H6F2O.C2H6/c1-5-2-7(9)6(4-11)8(10)3-5;1-2/h2-4H,1H3;1-2H3. The fourth-order valence-electron chi connectivity index (χ4n) is 0.824. The molecule has 1 aromatic carbocycles. The highest BCUT2D eigenvalue weighted by molar-refractivity contribution is 5.75. The minimum absolute atomic E-state index is 0.171. The van der Waals surface area contributed by atoms with E-state index < -0.39 is 17.2 Å². The lowest BCUT2D eigenvalue weighted by Gasteiger charge is -1.97. The topological polar surface area (TPSA) is 17.1 Å². The zero-order valence-corrected chi connectivity index (χ0v) is 7.90. The van der Waals surface area contributed by atoms with Gasteiger partial charge in [-0.25, -0.2) is 8.78 Å². The van der Waals surface area contributed by atoms with E-state index in [1.165, 1.54) is 0 Å². The third kappa shape index (κ3) is 2.93. The summed E-state index contributed by atoms with van der Waals surface area (Å²) < 4.78 is 25.3. The zero-order valence-electron chi connectivity index (χ0n) is 7.90. The van der Waals surface area contributed by atoms with Crippen molar-refractivity contribution in [1.82, 2.24) is 0 Å². The van der Waals surface area contributed by atoms with E-state index in [0.717, 1.165) is 12.1 Å². The van der Waals surface area contributed by atoms with Gasteiger partial charge < -0.3 is 0 Å². The Morgan fingerprint density at radius 1 is 1.15 bits per heavy atom. The first-order valence-electron chi connectivity index (χ1n) is 4.06. The summed E-state index contributed by atoms with van der Waals surface area (Å²) in [6.45, 7) is 5.56. The summed E-state index contributed by atoms with van der Waals surface area (Å²) in [5.41, 5.74) is -0.0406. The molecule has 0 unspecified atom stereocenters. The fourth-order valence-corrected chi connectivity index (χ4v) is 0.824. The highest BCUT2D eigenvalue weighted by atomic mass is 19.1. The third-order valence-corrected chi connectivity index (χ3v) is 1.34. The van der Waals surface area contributed by atoms with Crippen molar-refractivity contribution in [3.8, 4) is 0 Å². The normalized spacial score (nSPS) is 8.69. The van der Waals surface area contributed by atoms with Gasteiger partial charge in [0.25, 0.3) is 0 Å². The number of aryl methyl sites for hydroxylation is 1. The number of halogens is 2. The number of hydrogen-bond donors (Lipinski definition) is 0. The number of rotatable bonds is 1. The van der Waals surface area contributed by atoms with E-state index in [9.17, 15) is 13.6 Å². The molecule has 72 valence electrons. The Morgan fingerprint density at radius 3 is 1.85 bits per heavy atom. The highest BCUT2D eigenvalue weighted by Crippen LogP contribution is 2.12. The molecular formula is C10H12F2O. The molecule has 3 heteroatoms. The molecule has 0 amide bonds. The van der Waals surface area contributed by atoms with Crippen LogP contribution in [0, 0.1) is 18.6 Å². The molecule has 13 heavy (non-hydrogen) atoms. The molecule has 0 bridgehead atoms. The van der Waals surface area contributed by atoms with Crippen LogP contribution in [0.2, 0.25) is 0 Å². The van der Waals surface area contributed by atoms with Crippen molar-refractivity contribution in [1.29, 1.82) is 0 Å². The molecule has 0 aliphatic carbocycles. The lowest BCUT2D eigenvalue weighted by molar-refractivity contribution is 0.111. The van der Waals surface area contributed by atoms with Gasteiger partial charge in [-0.05, 0) is 24.6 Å². The SMILES string of the molecule is CC.Cc1cc(F)c(C=O)c(F)c1. The van der Waals surface area contributed by atoms with Gasteiger partial charge in [0.05, 0.1) is 5.56 Å². The average Bonchev–Trinajstić information content (AvgIpc) is 2.07. The molecule has 0 fully saturated rings. The molecule has 0 aromatic heterocycles. The minimum Gasteiger partial charge on any atom is -0.298 e. The van der Waals surface area contributed by atoms with Crippen LogP contribution in [0.15, 0.2) is 12.1 Å². The minimum atomic E-state index is -0.808. The highest BCUT2D eigenvalue weighted by Gasteiger charge is 2.07. The predicted molar refractivity (Wildman–Crippen MR) is 47.8 cm³/mol. The molecule has 0 radical (unpaired) electrons. The maximum Gasteiger partial charge on any atom is 0.155 e.